The van der Waals surface area contributed by atoms with Gasteiger partial charge in [0, 0.05) is 24.8 Å². The summed E-state index contributed by atoms with van der Waals surface area (Å²) in [7, 11) is 0. The fraction of sp³-hybridized carbons (Fsp3) is 0.357. The van der Waals surface area contributed by atoms with E-state index in [1.165, 1.54) is 29.7 Å². The Kier molecular flexibility index (Phi) is 3.28. The normalized spacial score (nSPS) is 14.0. The van der Waals surface area contributed by atoms with Gasteiger partial charge in [-0.2, -0.15) is 0 Å². The topological polar surface area (TPSA) is 50.1 Å². The fourth-order valence-electron chi connectivity index (χ4n) is 2.38. The number of aromatic nitrogens is 1. The molecule has 0 unspecified atom stereocenters. The monoisotopic (exact) mass is 243 g/mol. The second kappa shape index (κ2) is 5.23. The van der Waals surface area contributed by atoms with Crippen LogP contribution in [0.3, 0.4) is 0 Å². The summed E-state index contributed by atoms with van der Waals surface area (Å²) in [6.07, 6.45) is 4.07. The van der Waals surface area contributed by atoms with Crippen LogP contribution in [0.1, 0.15) is 23.3 Å². The third-order valence-corrected chi connectivity index (χ3v) is 3.27. The molecule has 0 spiro atoms. The van der Waals surface area contributed by atoms with Gasteiger partial charge in [-0.25, -0.2) is 0 Å². The van der Waals surface area contributed by atoms with Crippen molar-refractivity contribution in [1.29, 1.82) is 0 Å². The summed E-state index contributed by atoms with van der Waals surface area (Å²) in [5.74, 6) is 0.868. The van der Waals surface area contributed by atoms with Crippen LogP contribution >= 0.6 is 0 Å². The van der Waals surface area contributed by atoms with Crippen LogP contribution in [0, 0.1) is 0 Å². The van der Waals surface area contributed by atoms with E-state index in [4.69, 9.17) is 4.52 Å². The van der Waals surface area contributed by atoms with Crippen molar-refractivity contribution >= 4 is 5.69 Å². The van der Waals surface area contributed by atoms with Gasteiger partial charge in [0.25, 0.3) is 0 Å². The molecule has 0 amide bonds. The van der Waals surface area contributed by atoms with Gasteiger partial charge in [-0.05, 0) is 24.0 Å². The zero-order valence-electron chi connectivity index (χ0n) is 10.3. The summed E-state index contributed by atoms with van der Waals surface area (Å²) in [4.78, 5) is 0. The molecule has 0 atom stereocenters. The molecule has 18 heavy (non-hydrogen) atoms. The lowest BCUT2D eigenvalue weighted by atomic mass is 9.99. The molecule has 1 aromatic heterocycles. The van der Waals surface area contributed by atoms with E-state index < -0.39 is 0 Å². The molecule has 2 aromatic rings. The first kappa shape index (κ1) is 11.3. The first-order valence-corrected chi connectivity index (χ1v) is 6.38. The number of aryl methyl sites for hydroxylation is 1. The van der Waals surface area contributed by atoms with Gasteiger partial charge in [0.2, 0.25) is 0 Å². The highest BCUT2D eigenvalue weighted by Crippen LogP contribution is 2.25. The highest BCUT2D eigenvalue weighted by Gasteiger charge is 2.11. The van der Waals surface area contributed by atoms with Crippen LogP contribution in [0.25, 0.3) is 0 Å². The molecular weight excluding hydrogens is 226 g/mol. The maximum absolute atomic E-state index is 5.06. The Bertz CT molecular complexity index is 508. The minimum Gasteiger partial charge on any atom is -0.385 e. The lowest BCUT2D eigenvalue weighted by Gasteiger charge is -2.21. The first-order chi connectivity index (χ1) is 8.93. The number of nitrogens with zero attached hydrogens (tertiary/aromatic N) is 1. The van der Waals surface area contributed by atoms with Crippen molar-refractivity contribution in [2.45, 2.75) is 25.9 Å². The molecule has 1 aliphatic rings. The molecule has 3 rings (SSSR count). The number of hydrogen-bond donors (Lipinski definition) is 2. The summed E-state index contributed by atoms with van der Waals surface area (Å²) >= 11 is 0. The van der Waals surface area contributed by atoms with Crippen LogP contribution in [0.5, 0.6) is 0 Å². The number of fused-ring (bicyclic) bond motifs is 1. The number of benzene rings is 1. The third-order valence-electron chi connectivity index (χ3n) is 3.27. The molecule has 0 bridgehead atoms. The molecule has 2 N–H and O–H groups in total. The summed E-state index contributed by atoms with van der Waals surface area (Å²) in [5, 5.41) is 10.6. The van der Waals surface area contributed by atoms with Gasteiger partial charge in [0.05, 0.1) is 12.7 Å². The predicted octanol–water partition coefficient (Wildman–Crippen LogP) is 2.32. The zero-order chi connectivity index (χ0) is 12.2. The molecule has 0 aliphatic carbocycles. The fourth-order valence-corrected chi connectivity index (χ4v) is 2.38. The molecule has 1 aromatic carbocycles. The van der Waals surface area contributed by atoms with E-state index in [0.29, 0.717) is 6.54 Å². The standard InChI is InChI=1S/C14H17N3O/c1-3-11-5-2-7-16-14(11)12(4-1)9-15-10-13-6-8-17-18-13/h1,3-4,6,8,15-16H,2,5,7,9-10H2. The molecule has 1 aliphatic heterocycles. The molecule has 0 saturated heterocycles. The Balaban J connectivity index is 1.65. The van der Waals surface area contributed by atoms with Gasteiger partial charge >= 0.3 is 0 Å². The number of hydrogen-bond acceptors (Lipinski definition) is 4. The minimum absolute atomic E-state index is 0.712. The number of anilines is 1. The van der Waals surface area contributed by atoms with E-state index in [0.717, 1.165) is 18.8 Å². The van der Waals surface area contributed by atoms with Crippen molar-refractivity contribution in [2.75, 3.05) is 11.9 Å². The van der Waals surface area contributed by atoms with Crippen molar-refractivity contribution in [3.8, 4) is 0 Å². The van der Waals surface area contributed by atoms with Crippen LogP contribution in [-0.2, 0) is 19.5 Å². The van der Waals surface area contributed by atoms with Crippen LogP contribution < -0.4 is 10.6 Å². The first-order valence-electron chi connectivity index (χ1n) is 6.38. The highest BCUT2D eigenvalue weighted by atomic mass is 16.5. The van der Waals surface area contributed by atoms with Gasteiger partial charge in [0.15, 0.2) is 0 Å². The summed E-state index contributed by atoms with van der Waals surface area (Å²) in [6, 6.07) is 8.40. The van der Waals surface area contributed by atoms with Crippen LogP contribution in [0.2, 0.25) is 0 Å². The second-order valence-electron chi connectivity index (χ2n) is 4.56. The van der Waals surface area contributed by atoms with Crippen molar-refractivity contribution in [3.63, 3.8) is 0 Å². The third kappa shape index (κ3) is 2.38. The van der Waals surface area contributed by atoms with E-state index in [2.05, 4.69) is 34.0 Å². The SMILES string of the molecule is c1cc2c(c(CNCc3ccno3)c1)NCCC2. The highest BCUT2D eigenvalue weighted by molar-refractivity contribution is 5.59. The van der Waals surface area contributed by atoms with Gasteiger partial charge in [-0.3, -0.25) is 0 Å². The van der Waals surface area contributed by atoms with Crippen LogP contribution in [0.15, 0.2) is 35.0 Å². The molecule has 0 saturated carbocycles. The van der Waals surface area contributed by atoms with E-state index in [-0.39, 0.29) is 0 Å². The van der Waals surface area contributed by atoms with Crippen LogP contribution in [0.4, 0.5) is 5.69 Å². The maximum Gasteiger partial charge on any atom is 0.150 e. The quantitative estimate of drug-likeness (QED) is 0.865. The average molecular weight is 243 g/mol. The molecule has 0 fully saturated rings. The van der Waals surface area contributed by atoms with E-state index in [1.807, 2.05) is 6.07 Å². The molecule has 4 heteroatoms. The van der Waals surface area contributed by atoms with Crippen molar-refractivity contribution in [2.24, 2.45) is 0 Å². The number of rotatable bonds is 4. The van der Waals surface area contributed by atoms with E-state index >= 15 is 0 Å². The second-order valence-corrected chi connectivity index (χ2v) is 4.56. The lowest BCUT2D eigenvalue weighted by Crippen LogP contribution is -2.18. The Hall–Kier alpha value is -1.81. The molecule has 94 valence electrons. The molecular formula is C14H17N3O. The van der Waals surface area contributed by atoms with Gasteiger partial charge in [-0.1, -0.05) is 23.4 Å². The Morgan fingerprint density at radius 2 is 2.28 bits per heavy atom. The summed E-state index contributed by atoms with van der Waals surface area (Å²) in [5.41, 5.74) is 4.07. The molecule has 2 heterocycles. The molecule has 0 radical (unpaired) electrons. The lowest BCUT2D eigenvalue weighted by molar-refractivity contribution is 0.373. The molecule has 4 nitrogen and oxygen atoms in total. The van der Waals surface area contributed by atoms with E-state index in [1.54, 1.807) is 6.20 Å². The number of para-hydroxylation sites is 1. The number of nitrogens with one attached hydrogen (secondary N) is 2. The zero-order valence-corrected chi connectivity index (χ0v) is 10.3. The van der Waals surface area contributed by atoms with Crippen molar-refractivity contribution < 1.29 is 4.52 Å². The van der Waals surface area contributed by atoms with Crippen molar-refractivity contribution in [3.05, 3.63) is 47.3 Å². The average Bonchev–Trinajstić information content (AvgIpc) is 2.92. The maximum atomic E-state index is 5.06. The Morgan fingerprint density at radius 3 is 3.17 bits per heavy atom. The van der Waals surface area contributed by atoms with Crippen molar-refractivity contribution in [1.82, 2.24) is 10.5 Å². The van der Waals surface area contributed by atoms with Crippen LogP contribution in [-0.4, -0.2) is 11.7 Å². The minimum atomic E-state index is 0.712. The summed E-state index contributed by atoms with van der Waals surface area (Å²) in [6.45, 7) is 2.63. The Labute approximate surface area is 106 Å². The predicted molar refractivity (Wildman–Crippen MR) is 70.3 cm³/mol. The van der Waals surface area contributed by atoms with Gasteiger partial charge < -0.3 is 15.2 Å². The van der Waals surface area contributed by atoms with Gasteiger partial charge in [0.1, 0.15) is 5.76 Å². The van der Waals surface area contributed by atoms with E-state index in [9.17, 15) is 0 Å². The largest absolute Gasteiger partial charge is 0.385 e. The smallest absolute Gasteiger partial charge is 0.150 e. The Morgan fingerprint density at radius 1 is 1.28 bits per heavy atom. The van der Waals surface area contributed by atoms with Gasteiger partial charge in [-0.15, -0.1) is 0 Å². The summed E-state index contributed by atoms with van der Waals surface area (Å²) < 4.78 is 5.06.